The molecule has 1 aromatic rings. The third kappa shape index (κ3) is 1.62. The summed E-state index contributed by atoms with van der Waals surface area (Å²) in [6.07, 6.45) is 0. The first-order chi connectivity index (χ1) is 8.56. The Kier molecular flexibility index (Phi) is 2.43. The Bertz CT molecular complexity index is 798. The van der Waals surface area contributed by atoms with Gasteiger partial charge in [-0.3, -0.25) is 4.79 Å². The summed E-state index contributed by atoms with van der Waals surface area (Å²) in [5.74, 6) is 0.183. The molecule has 1 heterocycles. The van der Waals surface area contributed by atoms with Crippen molar-refractivity contribution in [1.29, 1.82) is 0 Å². The first-order valence-electron chi connectivity index (χ1n) is 5.04. The standard InChI is InChI=1S/C12H6Cl2N2O2/c13-5-1-2-7-9(3-5)18-12-10(15)8(17)4-6(14)11(12)16-7/h1-4H,15H2. The van der Waals surface area contributed by atoms with Crippen LogP contribution in [-0.4, -0.2) is 4.98 Å². The van der Waals surface area contributed by atoms with Crippen molar-refractivity contribution < 1.29 is 4.42 Å². The van der Waals surface area contributed by atoms with Crippen molar-refractivity contribution in [2.45, 2.75) is 0 Å². The molecular weight excluding hydrogens is 275 g/mol. The summed E-state index contributed by atoms with van der Waals surface area (Å²) < 4.78 is 5.56. The summed E-state index contributed by atoms with van der Waals surface area (Å²) in [5.41, 5.74) is 6.68. The van der Waals surface area contributed by atoms with Crippen molar-refractivity contribution in [3.8, 4) is 11.5 Å². The number of nitrogen functional groups attached to an aromatic ring is 1. The minimum Gasteiger partial charge on any atom is -0.450 e. The van der Waals surface area contributed by atoms with Crippen LogP contribution in [0.25, 0.3) is 22.6 Å². The molecule has 1 aromatic carbocycles. The molecule has 1 aliphatic heterocycles. The third-order valence-corrected chi connectivity index (χ3v) is 3.10. The molecule has 3 rings (SSSR count). The zero-order valence-electron chi connectivity index (χ0n) is 8.91. The first kappa shape index (κ1) is 11.3. The van der Waals surface area contributed by atoms with Crippen LogP contribution in [0.2, 0.25) is 10.0 Å². The minimum absolute atomic E-state index is 0.0104. The summed E-state index contributed by atoms with van der Waals surface area (Å²) in [7, 11) is 0. The third-order valence-electron chi connectivity index (χ3n) is 2.58. The number of anilines is 1. The second-order valence-electron chi connectivity index (χ2n) is 3.77. The van der Waals surface area contributed by atoms with Crippen molar-refractivity contribution in [3.05, 3.63) is 44.5 Å². The predicted molar refractivity (Wildman–Crippen MR) is 71.3 cm³/mol. The van der Waals surface area contributed by atoms with Crippen molar-refractivity contribution in [3.63, 3.8) is 0 Å². The fraction of sp³-hybridized carbons (Fsp3) is 0. The Morgan fingerprint density at radius 3 is 2.78 bits per heavy atom. The molecule has 0 saturated carbocycles. The second-order valence-corrected chi connectivity index (χ2v) is 4.62. The number of fused-ring (bicyclic) bond motifs is 2. The van der Waals surface area contributed by atoms with Gasteiger partial charge in [0, 0.05) is 17.2 Å². The molecule has 0 aromatic heterocycles. The molecule has 90 valence electrons. The van der Waals surface area contributed by atoms with Crippen LogP contribution < -0.4 is 11.2 Å². The van der Waals surface area contributed by atoms with Crippen molar-refractivity contribution in [1.82, 2.24) is 4.98 Å². The van der Waals surface area contributed by atoms with Crippen LogP contribution in [0, 0.1) is 0 Å². The number of nitrogens with two attached hydrogens (primary N) is 1. The van der Waals surface area contributed by atoms with E-state index in [2.05, 4.69) is 4.98 Å². The Morgan fingerprint density at radius 1 is 1.22 bits per heavy atom. The summed E-state index contributed by atoms with van der Waals surface area (Å²) in [6.45, 7) is 0. The molecule has 0 radical (unpaired) electrons. The number of rotatable bonds is 0. The molecule has 0 fully saturated rings. The van der Waals surface area contributed by atoms with E-state index >= 15 is 0 Å². The lowest BCUT2D eigenvalue weighted by atomic mass is 10.2. The van der Waals surface area contributed by atoms with Gasteiger partial charge in [-0.15, -0.1) is 0 Å². The van der Waals surface area contributed by atoms with E-state index in [4.69, 9.17) is 33.4 Å². The van der Waals surface area contributed by atoms with E-state index in [0.29, 0.717) is 21.8 Å². The molecule has 6 heteroatoms. The van der Waals surface area contributed by atoms with Crippen molar-refractivity contribution in [2.24, 2.45) is 0 Å². The lowest BCUT2D eigenvalue weighted by Crippen LogP contribution is -2.10. The average Bonchev–Trinajstić information content (AvgIpc) is 2.34. The Balaban J connectivity index is 2.53. The van der Waals surface area contributed by atoms with E-state index < -0.39 is 0 Å². The van der Waals surface area contributed by atoms with E-state index in [9.17, 15) is 4.79 Å². The summed E-state index contributed by atoms with van der Waals surface area (Å²) in [6, 6.07) is 6.23. The molecular formula is C12H6Cl2N2O2. The maximum atomic E-state index is 11.5. The molecule has 2 N–H and O–H groups in total. The molecule has 18 heavy (non-hydrogen) atoms. The highest BCUT2D eigenvalue weighted by Gasteiger charge is 2.18. The van der Waals surface area contributed by atoms with Gasteiger partial charge in [0.05, 0.1) is 5.02 Å². The van der Waals surface area contributed by atoms with Gasteiger partial charge in [0.2, 0.25) is 5.43 Å². The zero-order valence-corrected chi connectivity index (χ0v) is 10.4. The van der Waals surface area contributed by atoms with Crippen LogP contribution in [0.1, 0.15) is 0 Å². The SMILES string of the molecule is Nc1c2oc3cc(Cl)ccc3nc-2c(Cl)cc1=O. The predicted octanol–water partition coefficient (Wildman–Crippen LogP) is 3.18. The largest absolute Gasteiger partial charge is 0.450 e. The van der Waals surface area contributed by atoms with Crippen LogP contribution in [-0.2, 0) is 0 Å². The number of hydrogen-bond acceptors (Lipinski definition) is 4. The number of halogens is 2. The quantitative estimate of drug-likeness (QED) is 0.507. The van der Waals surface area contributed by atoms with Gasteiger partial charge in [-0.05, 0) is 12.1 Å². The fourth-order valence-electron chi connectivity index (χ4n) is 1.71. The van der Waals surface area contributed by atoms with Gasteiger partial charge < -0.3 is 10.2 Å². The van der Waals surface area contributed by atoms with Crippen LogP contribution in [0.15, 0.2) is 33.5 Å². The van der Waals surface area contributed by atoms with Gasteiger partial charge in [-0.25, -0.2) is 4.98 Å². The molecule has 0 saturated heterocycles. The smallest absolute Gasteiger partial charge is 0.206 e. The molecule has 1 aliphatic carbocycles. The molecule has 0 spiro atoms. The fourth-order valence-corrected chi connectivity index (χ4v) is 2.10. The van der Waals surface area contributed by atoms with Crippen LogP contribution in [0.3, 0.4) is 0 Å². The summed E-state index contributed by atoms with van der Waals surface area (Å²) >= 11 is 11.8. The second kappa shape index (κ2) is 3.86. The van der Waals surface area contributed by atoms with Crippen LogP contribution in [0.5, 0.6) is 0 Å². The van der Waals surface area contributed by atoms with Gasteiger partial charge in [-0.2, -0.15) is 0 Å². The highest BCUT2D eigenvalue weighted by Crippen LogP contribution is 2.33. The van der Waals surface area contributed by atoms with Gasteiger partial charge in [-0.1, -0.05) is 23.2 Å². The maximum absolute atomic E-state index is 11.5. The average molecular weight is 281 g/mol. The number of hydrogen-bond donors (Lipinski definition) is 1. The molecule has 0 atom stereocenters. The van der Waals surface area contributed by atoms with E-state index in [1.54, 1.807) is 18.2 Å². The summed E-state index contributed by atoms with van der Waals surface area (Å²) in [5, 5.41) is 0.722. The topological polar surface area (TPSA) is 69.1 Å². The van der Waals surface area contributed by atoms with Crippen LogP contribution >= 0.6 is 23.2 Å². The molecule has 0 unspecified atom stereocenters. The van der Waals surface area contributed by atoms with Gasteiger partial charge >= 0.3 is 0 Å². The lowest BCUT2D eigenvalue weighted by Gasteiger charge is -2.09. The first-order valence-corrected chi connectivity index (χ1v) is 5.80. The van der Waals surface area contributed by atoms with E-state index in [-0.39, 0.29) is 21.9 Å². The lowest BCUT2D eigenvalue weighted by molar-refractivity contribution is 0.615. The van der Waals surface area contributed by atoms with Crippen LogP contribution in [0.4, 0.5) is 5.69 Å². The monoisotopic (exact) mass is 280 g/mol. The molecule has 0 bridgehead atoms. The zero-order chi connectivity index (χ0) is 12.9. The van der Waals surface area contributed by atoms with Gasteiger partial charge in [0.15, 0.2) is 11.3 Å². The Morgan fingerprint density at radius 2 is 2.00 bits per heavy atom. The summed E-state index contributed by atoms with van der Waals surface area (Å²) in [4.78, 5) is 15.9. The Labute approximate surface area is 111 Å². The highest BCUT2D eigenvalue weighted by atomic mass is 35.5. The number of nitrogens with zero attached hydrogens (tertiary/aromatic N) is 1. The Hall–Kier alpha value is -1.78. The number of aromatic nitrogens is 1. The highest BCUT2D eigenvalue weighted by molar-refractivity contribution is 6.33. The van der Waals surface area contributed by atoms with E-state index in [0.717, 1.165) is 0 Å². The van der Waals surface area contributed by atoms with Crippen molar-refractivity contribution in [2.75, 3.05) is 5.73 Å². The molecule has 4 nitrogen and oxygen atoms in total. The number of benzene rings is 2. The van der Waals surface area contributed by atoms with E-state index in [1.807, 2.05) is 0 Å². The van der Waals surface area contributed by atoms with Gasteiger partial charge in [0.25, 0.3) is 0 Å². The molecule has 0 amide bonds. The minimum atomic E-state index is -0.389. The van der Waals surface area contributed by atoms with Gasteiger partial charge in [0.1, 0.15) is 16.9 Å². The van der Waals surface area contributed by atoms with Crippen molar-refractivity contribution >= 4 is 40.0 Å². The maximum Gasteiger partial charge on any atom is 0.206 e. The van der Waals surface area contributed by atoms with E-state index in [1.165, 1.54) is 6.07 Å². The molecule has 2 aliphatic rings. The normalized spacial score (nSPS) is 11.2.